The SMILES string of the molecule is CNS(=O)(=O)c1ccc(F)c(C(=O)OCC(=O)Nc2ccc(N3CCCC3)cc2)c1. The summed E-state index contributed by atoms with van der Waals surface area (Å²) in [5.41, 5.74) is 1.03. The monoisotopic (exact) mass is 435 g/mol. The molecule has 0 bridgehead atoms. The molecular formula is C20H22FN3O5S. The van der Waals surface area contributed by atoms with Crippen molar-refractivity contribution in [2.24, 2.45) is 0 Å². The van der Waals surface area contributed by atoms with E-state index >= 15 is 0 Å². The molecule has 0 atom stereocenters. The van der Waals surface area contributed by atoms with Gasteiger partial charge in [0.1, 0.15) is 5.82 Å². The first-order valence-corrected chi connectivity index (χ1v) is 10.8. The van der Waals surface area contributed by atoms with Crippen LogP contribution in [0.1, 0.15) is 23.2 Å². The first-order chi connectivity index (χ1) is 14.3. The Morgan fingerprint density at radius 2 is 1.77 bits per heavy atom. The van der Waals surface area contributed by atoms with Gasteiger partial charge in [-0.25, -0.2) is 22.3 Å². The Kier molecular flexibility index (Phi) is 6.68. The first-order valence-electron chi connectivity index (χ1n) is 9.35. The Labute approximate surface area is 174 Å². The van der Waals surface area contributed by atoms with E-state index in [4.69, 9.17) is 4.74 Å². The summed E-state index contributed by atoms with van der Waals surface area (Å²) in [6, 6.07) is 10.0. The summed E-state index contributed by atoms with van der Waals surface area (Å²) in [4.78, 5) is 26.1. The normalized spacial score (nSPS) is 13.9. The third kappa shape index (κ3) is 5.14. The topological polar surface area (TPSA) is 105 Å². The van der Waals surface area contributed by atoms with Gasteiger partial charge in [-0.15, -0.1) is 0 Å². The maximum absolute atomic E-state index is 13.9. The molecule has 2 aromatic rings. The highest BCUT2D eigenvalue weighted by molar-refractivity contribution is 7.89. The van der Waals surface area contributed by atoms with Crippen molar-refractivity contribution in [3.05, 3.63) is 53.8 Å². The number of hydrogen-bond acceptors (Lipinski definition) is 6. The molecule has 0 saturated carbocycles. The molecule has 1 heterocycles. The van der Waals surface area contributed by atoms with Gasteiger partial charge in [0.15, 0.2) is 6.61 Å². The van der Waals surface area contributed by atoms with Crippen molar-refractivity contribution in [3.63, 3.8) is 0 Å². The van der Waals surface area contributed by atoms with Crippen LogP contribution >= 0.6 is 0 Å². The van der Waals surface area contributed by atoms with Gasteiger partial charge in [0.2, 0.25) is 10.0 Å². The van der Waals surface area contributed by atoms with Crippen LogP contribution in [0.25, 0.3) is 0 Å². The maximum Gasteiger partial charge on any atom is 0.341 e. The molecule has 0 spiro atoms. The van der Waals surface area contributed by atoms with Crippen molar-refractivity contribution >= 4 is 33.3 Å². The highest BCUT2D eigenvalue weighted by Crippen LogP contribution is 2.22. The third-order valence-electron chi connectivity index (χ3n) is 4.69. The fourth-order valence-corrected chi connectivity index (χ4v) is 3.84. The summed E-state index contributed by atoms with van der Waals surface area (Å²) in [7, 11) is -2.67. The minimum Gasteiger partial charge on any atom is -0.452 e. The van der Waals surface area contributed by atoms with E-state index in [1.54, 1.807) is 12.1 Å². The van der Waals surface area contributed by atoms with Crippen molar-refractivity contribution < 1.29 is 27.1 Å². The molecule has 0 aromatic heterocycles. The minimum atomic E-state index is -3.86. The minimum absolute atomic E-state index is 0.291. The van der Waals surface area contributed by atoms with Gasteiger partial charge in [0.05, 0.1) is 10.5 Å². The molecular weight excluding hydrogens is 413 g/mol. The number of amides is 1. The lowest BCUT2D eigenvalue weighted by Gasteiger charge is -2.17. The van der Waals surface area contributed by atoms with Gasteiger partial charge in [-0.05, 0) is 62.4 Å². The zero-order chi connectivity index (χ0) is 21.7. The molecule has 3 rings (SSSR count). The fraction of sp³-hybridized carbons (Fsp3) is 0.300. The van der Waals surface area contributed by atoms with Gasteiger partial charge in [-0.1, -0.05) is 0 Å². The lowest BCUT2D eigenvalue weighted by Crippen LogP contribution is -2.22. The number of benzene rings is 2. The van der Waals surface area contributed by atoms with Gasteiger partial charge in [-0.3, -0.25) is 4.79 Å². The summed E-state index contributed by atoms with van der Waals surface area (Å²) in [6.45, 7) is 1.37. The number of rotatable bonds is 7. The molecule has 1 amide bonds. The summed E-state index contributed by atoms with van der Waals surface area (Å²) >= 11 is 0. The van der Waals surface area contributed by atoms with E-state index in [0.717, 1.165) is 49.8 Å². The van der Waals surface area contributed by atoms with Crippen LogP contribution in [-0.4, -0.2) is 47.0 Å². The smallest absolute Gasteiger partial charge is 0.341 e. The zero-order valence-electron chi connectivity index (χ0n) is 16.4. The van der Waals surface area contributed by atoms with E-state index in [1.165, 1.54) is 7.05 Å². The Morgan fingerprint density at radius 3 is 2.40 bits per heavy atom. The average Bonchev–Trinajstić information content (AvgIpc) is 3.27. The highest BCUT2D eigenvalue weighted by Gasteiger charge is 2.20. The summed E-state index contributed by atoms with van der Waals surface area (Å²) < 4.78 is 44.5. The molecule has 10 heteroatoms. The van der Waals surface area contributed by atoms with E-state index in [9.17, 15) is 22.4 Å². The van der Waals surface area contributed by atoms with Crippen LogP contribution < -0.4 is 14.9 Å². The van der Waals surface area contributed by atoms with Crippen LogP contribution in [-0.2, 0) is 19.6 Å². The van der Waals surface area contributed by atoms with Gasteiger partial charge < -0.3 is 15.0 Å². The Morgan fingerprint density at radius 1 is 1.10 bits per heavy atom. The van der Waals surface area contributed by atoms with Crippen molar-refractivity contribution in [1.82, 2.24) is 4.72 Å². The summed E-state index contributed by atoms with van der Waals surface area (Å²) in [5.74, 6) is -2.69. The predicted molar refractivity (Wildman–Crippen MR) is 109 cm³/mol. The number of hydrogen-bond donors (Lipinski definition) is 2. The van der Waals surface area contributed by atoms with Crippen molar-refractivity contribution in [2.45, 2.75) is 17.7 Å². The molecule has 30 heavy (non-hydrogen) atoms. The molecule has 8 nitrogen and oxygen atoms in total. The van der Waals surface area contributed by atoms with Crippen molar-refractivity contribution in [1.29, 1.82) is 0 Å². The number of carbonyl (C=O) groups excluding carboxylic acids is 2. The fourth-order valence-electron chi connectivity index (χ4n) is 3.08. The van der Waals surface area contributed by atoms with Gasteiger partial charge in [0, 0.05) is 24.5 Å². The number of esters is 1. The molecule has 1 aliphatic rings. The van der Waals surface area contributed by atoms with Crippen LogP contribution in [0, 0.1) is 5.82 Å². The van der Waals surface area contributed by atoms with Crippen LogP contribution in [0.2, 0.25) is 0 Å². The second-order valence-corrected chi connectivity index (χ2v) is 8.60. The van der Waals surface area contributed by atoms with E-state index in [2.05, 4.69) is 14.9 Å². The zero-order valence-corrected chi connectivity index (χ0v) is 17.2. The van der Waals surface area contributed by atoms with Crippen LogP contribution in [0.5, 0.6) is 0 Å². The van der Waals surface area contributed by atoms with Crippen LogP contribution in [0.3, 0.4) is 0 Å². The van der Waals surface area contributed by atoms with Crippen molar-refractivity contribution in [2.75, 3.05) is 37.0 Å². The van der Waals surface area contributed by atoms with Gasteiger partial charge in [-0.2, -0.15) is 0 Å². The third-order valence-corrected chi connectivity index (χ3v) is 6.11. The Hall–Kier alpha value is -2.98. The molecule has 1 saturated heterocycles. The number of carbonyl (C=O) groups is 2. The first kappa shape index (κ1) is 21.7. The average molecular weight is 435 g/mol. The molecule has 2 N–H and O–H groups in total. The Balaban J connectivity index is 1.58. The van der Waals surface area contributed by atoms with E-state index in [-0.39, 0.29) is 4.90 Å². The molecule has 2 aromatic carbocycles. The second-order valence-electron chi connectivity index (χ2n) is 6.71. The maximum atomic E-state index is 13.9. The van der Waals surface area contributed by atoms with E-state index in [1.807, 2.05) is 12.1 Å². The van der Waals surface area contributed by atoms with Crippen LogP contribution in [0.4, 0.5) is 15.8 Å². The number of ether oxygens (including phenoxy) is 1. The largest absolute Gasteiger partial charge is 0.452 e. The van der Waals surface area contributed by atoms with Crippen LogP contribution in [0.15, 0.2) is 47.4 Å². The quantitative estimate of drug-likeness (QED) is 0.646. The lowest BCUT2D eigenvalue weighted by atomic mass is 10.2. The van der Waals surface area contributed by atoms with Crippen molar-refractivity contribution in [3.8, 4) is 0 Å². The number of nitrogens with one attached hydrogen (secondary N) is 2. The standard InChI is InChI=1S/C20H22FN3O5S/c1-22-30(27,28)16-8-9-18(21)17(12-16)20(26)29-13-19(25)23-14-4-6-15(7-5-14)24-10-2-3-11-24/h4-9,12,22H,2-3,10-11,13H2,1H3,(H,23,25). The lowest BCUT2D eigenvalue weighted by molar-refractivity contribution is -0.119. The predicted octanol–water partition coefficient (Wildman–Crippen LogP) is 2.13. The highest BCUT2D eigenvalue weighted by atomic mass is 32.2. The Bertz CT molecular complexity index is 1030. The molecule has 1 aliphatic heterocycles. The molecule has 160 valence electrons. The molecule has 0 unspecified atom stereocenters. The molecule has 0 radical (unpaired) electrons. The number of nitrogens with zero attached hydrogens (tertiary/aromatic N) is 1. The second kappa shape index (κ2) is 9.23. The summed E-state index contributed by atoms with van der Waals surface area (Å²) in [6.07, 6.45) is 2.32. The number of sulfonamides is 1. The van der Waals surface area contributed by atoms with Gasteiger partial charge >= 0.3 is 5.97 Å². The molecule has 0 aliphatic carbocycles. The number of halogens is 1. The van der Waals surface area contributed by atoms with Gasteiger partial charge in [0.25, 0.3) is 5.91 Å². The van der Waals surface area contributed by atoms with E-state index < -0.39 is 39.9 Å². The summed E-state index contributed by atoms with van der Waals surface area (Å²) in [5, 5.41) is 2.59. The number of anilines is 2. The van der Waals surface area contributed by atoms with E-state index in [0.29, 0.717) is 5.69 Å². The molecule has 1 fully saturated rings.